The molecule has 2 heterocycles. The van der Waals surface area contributed by atoms with Gasteiger partial charge in [-0.1, -0.05) is 13.8 Å². The zero-order valence-corrected chi connectivity index (χ0v) is 10.1. The van der Waals surface area contributed by atoms with Crippen molar-refractivity contribution in [3.63, 3.8) is 0 Å². The van der Waals surface area contributed by atoms with Gasteiger partial charge in [0.15, 0.2) is 0 Å². The van der Waals surface area contributed by atoms with Gasteiger partial charge in [-0.15, -0.1) is 0 Å². The smallest absolute Gasteiger partial charge is 0.225 e. The monoisotopic (exact) mass is 220 g/mol. The summed E-state index contributed by atoms with van der Waals surface area (Å²) in [5.74, 6) is 1.53. The van der Waals surface area contributed by atoms with Crippen molar-refractivity contribution >= 4 is 5.95 Å². The van der Waals surface area contributed by atoms with Crippen molar-refractivity contribution in [1.82, 2.24) is 15.3 Å². The Morgan fingerprint density at radius 1 is 1.38 bits per heavy atom. The predicted molar refractivity (Wildman–Crippen MR) is 65.7 cm³/mol. The van der Waals surface area contributed by atoms with Gasteiger partial charge >= 0.3 is 0 Å². The maximum absolute atomic E-state index is 4.62. The Kier molecular flexibility index (Phi) is 3.72. The van der Waals surface area contributed by atoms with E-state index in [-0.39, 0.29) is 0 Å². The highest BCUT2D eigenvalue weighted by molar-refractivity contribution is 5.31. The number of nitrogens with one attached hydrogen (secondary N) is 1. The van der Waals surface area contributed by atoms with Crippen LogP contribution in [-0.2, 0) is 6.42 Å². The Bertz CT molecular complexity index is 332. The Balaban J connectivity index is 2.08. The lowest BCUT2D eigenvalue weighted by atomic mass is 10.1. The highest BCUT2D eigenvalue weighted by Crippen LogP contribution is 2.11. The Hall–Kier alpha value is -1.16. The minimum Gasteiger partial charge on any atom is -0.338 e. The average Bonchev–Trinajstić information content (AvgIpc) is 2.30. The first-order valence-electron chi connectivity index (χ1n) is 6.03. The van der Waals surface area contributed by atoms with E-state index in [9.17, 15) is 0 Å². The van der Waals surface area contributed by atoms with Crippen LogP contribution in [-0.4, -0.2) is 36.1 Å². The van der Waals surface area contributed by atoms with Crippen molar-refractivity contribution in [2.75, 3.05) is 31.1 Å². The molecule has 4 nitrogen and oxygen atoms in total. The van der Waals surface area contributed by atoms with Crippen LogP contribution in [0.15, 0.2) is 12.3 Å². The van der Waals surface area contributed by atoms with Crippen molar-refractivity contribution in [1.29, 1.82) is 0 Å². The van der Waals surface area contributed by atoms with Crippen LogP contribution in [0.3, 0.4) is 0 Å². The molecule has 1 N–H and O–H groups in total. The van der Waals surface area contributed by atoms with E-state index in [2.05, 4.69) is 34.0 Å². The van der Waals surface area contributed by atoms with E-state index >= 15 is 0 Å². The Morgan fingerprint density at radius 3 is 2.81 bits per heavy atom. The summed E-state index contributed by atoms with van der Waals surface area (Å²) >= 11 is 0. The minimum atomic E-state index is 0.644. The normalized spacial score (nSPS) is 16.8. The van der Waals surface area contributed by atoms with Gasteiger partial charge in [-0.25, -0.2) is 9.97 Å². The molecule has 1 aromatic rings. The van der Waals surface area contributed by atoms with Gasteiger partial charge in [-0.3, -0.25) is 0 Å². The van der Waals surface area contributed by atoms with Crippen LogP contribution in [0.1, 0.15) is 19.5 Å². The van der Waals surface area contributed by atoms with Crippen molar-refractivity contribution in [3.05, 3.63) is 18.0 Å². The maximum Gasteiger partial charge on any atom is 0.225 e. The number of piperazine rings is 1. The summed E-state index contributed by atoms with van der Waals surface area (Å²) in [4.78, 5) is 11.2. The van der Waals surface area contributed by atoms with Crippen LogP contribution in [0.2, 0.25) is 0 Å². The highest BCUT2D eigenvalue weighted by atomic mass is 15.3. The Morgan fingerprint density at radius 2 is 2.12 bits per heavy atom. The molecule has 0 aliphatic carbocycles. The summed E-state index contributed by atoms with van der Waals surface area (Å²) < 4.78 is 0. The number of nitrogens with zero attached hydrogens (tertiary/aromatic N) is 3. The molecule has 16 heavy (non-hydrogen) atoms. The van der Waals surface area contributed by atoms with E-state index in [0.717, 1.165) is 44.2 Å². The van der Waals surface area contributed by atoms with Gasteiger partial charge < -0.3 is 10.2 Å². The third-order valence-electron chi connectivity index (χ3n) is 2.72. The number of anilines is 1. The van der Waals surface area contributed by atoms with Crippen LogP contribution in [0.5, 0.6) is 0 Å². The lowest BCUT2D eigenvalue weighted by molar-refractivity contribution is 0.576. The van der Waals surface area contributed by atoms with Gasteiger partial charge in [-0.2, -0.15) is 0 Å². The number of aromatic nitrogens is 2. The minimum absolute atomic E-state index is 0.644. The zero-order chi connectivity index (χ0) is 11.4. The van der Waals surface area contributed by atoms with Crippen LogP contribution in [0, 0.1) is 5.92 Å². The van der Waals surface area contributed by atoms with Crippen LogP contribution in [0.4, 0.5) is 5.95 Å². The molecule has 2 rings (SSSR count). The van der Waals surface area contributed by atoms with E-state index in [1.54, 1.807) is 0 Å². The van der Waals surface area contributed by atoms with E-state index in [1.807, 2.05) is 12.3 Å². The van der Waals surface area contributed by atoms with Crippen LogP contribution >= 0.6 is 0 Å². The molecule has 0 bridgehead atoms. The van der Waals surface area contributed by atoms with Gasteiger partial charge in [0.2, 0.25) is 5.95 Å². The molecule has 1 aliphatic heterocycles. The van der Waals surface area contributed by atoms with Crippen molar-refractivity contribution in [3.8, 4) is 0 Å². The molecule has 1 aliphatic rings. The molecule has 0 amide bonds. The molecule has 4 heteroatoms. The number of rotatable bonds is 3. The van der Waals surface area contributed by atoms with E-state index in [1.165, 1.54) is 0 Å². The van der Waals surface area contributed by atoms with Crippen molar-refractivity contribution < 1.29 is 0 Å². The highest BCUT2D eigenvalue weighted by Gasteiger charge is 2.13. The van der Waals surface area contributed by atoms with E-state index in [4.69, 9.17) is 0 Å². The SMILES string of the molecule is CC(C)Cc1ccnc(N2CCNCC2)n1. The molecule has 0 spiro atoms. The summed E-state index contributed by atoms with van der Waals surface area (Å²) in [5, 5.41) is 3.33. The largest absolute Gasteiger partial charge is 0.338 e. The molecule has 1 aromatic heterocycles. The standard InChI is InChI=1S/C12H20N4/c1-10(2)9-11-3-4-14-12(15-11)16-7-5-13-6-8-16/h3-4,10,13H,5-9H2,1-2H3. The second-order valence-electron chi connectivity index (χ2n) is 4.68. The van der Waals surface area contributed by atoms with Gasteiger partial charge in [-0.05, 0) is 18.4 Å². The van der Waals surface area contributed by atoms with Gasteiger partial charge in [0.25, 0.3) is 0 Å². The lowest BCUT2D eigenvalue weighted by Crippen LogP contribution is -2.44. The first-order valence-corrected chi connectivity index (χ1v) is 6.03. The van der Waals surface area contributed by atoms with Gasteiger partial charge in [0.1, 0.15) is 0 Å². The maximum atomic E-state index is 4.62. The molecule has 1 saturated heterocycles. The fourth-order valence-electron chi connectivity index (χ4n) is 1.93. The summed E-state index contributed by atoms with van der Waals surface area (Å²) in [6.07, 6.45) is 2.91. The van der Waals surface area contributed by atoms with Crippen LogP contribution in [0.25, 0.3) is 0 Å². The molecule has 0 atom stereocenters. The second kappa shape index (κ2) is 5.25. The molecule has 0 radical (unpaired) electrons. The first kappa shape index (κ1) is 11.3. The lowest BCUT2D eigenvalue weighted by Gasteiger charge is -2.27. The molecule has 0 unspecified atom stereocenters. The Labute approximate surface area is 97.1 Å². The van der Waals surface area contributed by atoms with E-state index < -0.39 is 0 Å². The predicted octanol–water partition coefficient (Wildman–Crippen LogP) is 1.08. The van der Waals surface area contributed by atoms with E-state index in [0.29, 0.717) is 5.92 Å². The second-order valence-corrected chi connectivity index (χ2v) is 4.68. The third kappa shape index (κ3) is 2.92. The molecule has 0 saturated carbocycles. The van der Waals surface area contributed by atoms with Crippen molar-refractivity contribution in [2.24, 2.45) is 5.92 Å². The molecular formula is C12H20N4. The fourth-order valence-corrected chi connectivity index (χ4v) is 1.93. The quantitative estimate of drug-likeness (QED) is 0.827. The summed E-state index contributed by atoms with van der Waals surface area (Å²) in [5.41, 5.74) is 1.15. The number of hydrogen-bond donors (Lipinski definition) is 1. The number of hydrogen-bond acceptors (Lipinski definition) is 4. The average molecular weight is 220 g/mol. The van der Waals surface area contributed by atoms with Gasteiger partial charge in [0.05, 0.1) is 0 Å². The van der Waals surface area contributed by atoms with Crippen molar-refractivity contribution in [2.45, 2.75) is 20.3 Å². The molecule has 1 fully saturated rings. The van der Waals surface area contributed by atoms with Gasteiger partial charge in [0, 0.05) is 38.1 Å². The topological polar surface area (TPSA) is 41.1 Å². The summed E-state index contributed by atoms with van der Waals surface area (Å²) in [7, 11) is 0. The molecular weight excluding hydrogens is 200 g/mol. The van der Waals surface area contributed by atoms with Crippen LogP contribution < -0.4 is 10.2 Å². The first-order chi connectivity index (χ1) is 7.75. The summed E-state index contributed by atoms with van der Waals surface area (Å²) in [6.45, 7) is 8.49. The fraction of sp³-hybridized carbons (Fsp3) is 0.667. The third-order valence-corrected chi connectivity index (χ3v) is 2.72. The summed E-state index contributed by atoms with van der Waals surface area (Å²) in [6, 6.07) is 2.02. The molecule has 88 valence electrons. The molecule has 0 aromatic carbocycles. The zero-order valence-electron chi connectivity index (χ0n) is 10.1.